The van der Waals surface area contributed by atoms with E-state index in [0.717, 1.165) is 34.5 Å². The fourth-order valence-corrected chi connectivity index (χ4v) is 5.16. The number of carbonyl (C=O) groups excluding carboxylic acids is 2. The Hall–Kier alpha value is -2.13. The van der Waals surface area contributed by atoms with Crippen molar-refractivity contribution in [1.82, 2.24) is 20.4 Å². The molecule has 0 saturated carbocycles. The van der Waals surface area contributed by atoms with E-state index in [2.05, 4.69) is 27.3 Å². The second kappa shape index (κ2) is 10.8. The normalized spacial score (nSPS) is 15.3. The molecule has 0 spiro atoms. The smallest absolute Gasteiger partial charge is 0.230 e. The SMILES string of the molecule is CC[C@@H](C(=O)N1CCN(c2nnc(SCC(=O)NC(C)C)s2)CC1)c1ccccc1. The molecular formula is C21H29N5O2S2. The van der Waals surface area contributed by atoms with E-state index < -0.39 is 0 Å². The van der Waals surface area contributed by atoms with Gasteiger partial charge in [0.2, 0.25) is 16.9 Å². The van der Waals surface area contributed by atoms with E-state index in [1.807, 2.05) is 49.1 Å². The van der Waals surface area contributed by atoms with Gasteiger partial charge >= 0.3 is 0 Å². The molecule has 0 radical (unpaired) electrons. The van der Waals surface area contributed by atoms with E-state index in [0.29, 0.717) is 18.8 Å². The third-order valence-corrected chi connectivity index (χ3v) is 7.06. The van der Waals surface area contributed by atoms with Crippen molar-refractivity contribution in [3.8, 4) is 0 Å². The van der Waals surface area contributed by atoms with Gasteiger partial charge in [0.05, 0.1) is 11.7 Å². The van der Waals surface area contributed by atoms with E-state index in [-0.39, 0.29) is 23.8 Å². The van der Waals surface area contributed by atoms with Gasteiger partial charge in [-0.1, -0.05) is 60.4 Å². The van der Waals surface area contributed by atoms with Crippen molar-refractivity contribution in [2.75, 3.05) is 36.8 Å². The summed E-state index contributed by atoms with van der Waals surface area (Å²) in [7, 11) is 0. The van der Waals surface area contributed by atoms with Gasteiger partial charge in [-0.05, 0) is 25.8 Å². The topological polar surface area (TPSA) is 78.4 Å². The number of nitrogens with one attached hydrogen (secondary N) is 1. The van der Waals surface area contributed by atoms with Gasteiger partial charge in [-0.2, -0.15) is 0 Å². The Morgan fingerprint density at radius 1 is 1.13 bits per heavy atom. The van der Waals surface area contributed by atoms with Gasteiger partial charge in [-0.25, -0.2) is 0 Å². The Kier molecular flexibility index (Phi) is 8.09. The maximum Gasteiger partial charge on any atom is 0.230 e. The first kappa shape index (κ1) is 22.6. The minimum atomic E-state index is -0.0840. The van der Waals surface area contributed by atoms with Crippen LogP contribution in [0.4, 0.5) is 5.13 Å². The molecule has 1 saturated heterocycles. The van der Waals surface area contributed by atoms with Crippen molar-refractivity contribution in [1.29, 1.82) is 0 Å². The second-order valence-corrected chi connectivity index (χ2v) is 9.72. The summed E-state index contributed by atoms with van der Waals surface area (Å²) in [6.07, 6.45) is 0.796. The average molecular weight is 448 g/mol. The van der Waals surface area contributed by atoms with Crippen LogP contribution < -0.4 is 10.2 Å². The molecule has 0 aliphatic carbocycles. The number of hydrogen-bond acceptors (Lipinski definition) is 7. The summed E-state index contributed by atoms with van der Waals surface area (Å²) < 4.78 is 0.789. The molecule has 1 aliphatic heterocycles. The lowest BCUT2D eigenvalue weighted by molar-refractivity contribution is -0.133. The lowest BCUT2D eigenvalue weighted by atomic mass is 9.95. The summed E-state index contributed by atoms with van der Waals surface area (Å²) >= 11 is 2.91. The number of amides is 2. The molecule has 2 aromatic rings. The summed E-state index contributed by atoms with van der Waals surface area (Å²) in [6, 6.07) is 10.1. The van der Waals surface area contributed by atoms with E-state index in [1.165, 1.54) is 23.1 Å². The molecule has 0 bridgehead atoms. The van der Waals surface area contributed by atoms with Gasteiger partial charge in [0, 0.05) is 32.2 Å². The Morgan fingerprint density at radius 3 is 2.47 bits per heavy atom. The van der Waals surface area contributed by atoms with Crippen molar-refractivity contribution >= 4 is 40.0 Å². The van der Waals surface area contributed by atoms with Crippen LogP contribution in [0.25, 0.3) is 0 Å². The Bertz CT molecular complexity index is 835. The predicted molar refractivity (Wildman–Crippen MR) is 122 cm³/mol. The quantitative estimate of drug-likeness (QED) is 0.627. The number of carbonyl (C=O) groups is 2. The van der Waals surface area contributed by atoms with Crippen LogP contribution in [-0.2, 0) is 9.59 Å². The van der Waals surface area contributed by atoms with E-state index in [9.17, 15) is 9.59 Å². The lowest BCUT2D eigenvalue weighted by Crippen LogP contribution is -2.50. The number of benzene rings is 1. The second-order valence-electron chi connectivity index (χ2n) is 7.55. The third-order valence-electron chi connectivity index (χ3n) is 4.94. The first-order valence-corrected chi connectivity index (χ1v) is 12.1. The molecule has 1 atom stereocenters. The number of hydrogen-bond donors (Lipinski definition) is 1. The van der Waals surface area contributed by atoms with Crippen molar-refractivity contribution < 1.29 is 9.59 Å². The van der Waals surface area contributed by atoms with Crippen LogP contribution in [-0.4, -0.2) is 64.9 Å². The maximum atomic E-state index is 13.0. The first-order valence-electron chi connectivity index (χ1n) is 10.3. The molecule has 2 heterocycles. The zero-order valence-corrected chi connectivity index (χ0v) is 19.3. The fraction of sp³-hybridized carbons (Fsp3) is 0.524. The van der Waals surface area contributed by atoms with Crippen LogP contribution in [0.1, 0.15) is 38.7 Å². The minimum absolute atomic E-state index is 0.00257. The van der Waals surface area contributed by atoms with Crippen LogP contribution in [0.15, 0.2) is 34.7 Å². The third kappa shape index (κ3) is 5.95. The number of nitrogens with zero attached hydrogens (tertiary/aromatic N) is 4. The van der Waals surface area contributed by atoms with Crippen LogP contribution in [0.5, 0.6) is 0 Å². The molecule has 1 aromatic carbocycles. The first-order chi connectivity index (χ1) is 14.5. The Morgan fingerprint density at radius 2 is 1.83 bits per heavy atom. The fourth-order valence-electron chi connectivity index (χ4n) is 3.46. The number of rotatable bonds is 8. The number of piperazine rings is 1. The number of anilines is 1. The van der Waals surface area contributed by atoms with Crippen LogP contribution in [0.3, 0.4) is 0 Å². The molecule has 162 valence electrons. The number of aromatic nitrogens is 2. The highest BCUT2D eigenvalue weighted by molar-refractivity contribution is 8.01. The van der Waals surface area contributed by atoms with Crippen molar-refractivity contribution in [2.24, 2.45) is 0 Å². The largest absolute Gasteiger partial charge is 0.353 e. The Balaban J connectivity index is 1.51. The zero-order chi connectivity index (χ0) is 21.5. The minimum Gasteiger partial charge on any atom is -0.353 e. The van der Waals surface area contributed by atoms with Crippen molar-refractivity contribution in [3.63, 3.8) is 0 Å². The van der Waals surface area contributed by atoms with Gasteiger partial charge in [0.15, 0.2) is 4.34 Å². The molecule has 7 nitrogen and oxygen atoms in total. The summed E-state index contributed by atoms with van der Waals surface area (Å²) in [5.41, 5.74) is 1.08. The molecule has 1 fully saturated rings. The molecule has 1 aromatic heterocycles. The molecule has 9 heteroatoms. The van der Waals surface area contributed by atoms with Gasteiger partial charge < -0.3 is 15.1 Å². The van der Waals surface area contributed by atoms with E-state index >= 15 is 0 Å². The molecule has 2 amide bonds. The van der Waals surface area contributed by atoms with Crippen LogP contribution >= 0.6 is 23.1 Å². The van der Waals surface area contributed by atoms with Gasteiger partial charge in [-0.3, -0.25) is 9.59 Å². The predicted octanol–water partition coefficient (Wildman–Crippen LogP) is 3.00. The van der Waals surface area contributed by atoms with E-state index in [4.69, 9.17) is 0 Å². The molecule has 1 aliphatic rings. The molecule has 1 N–H and O–H groups in total. The summed E-state index contributed by atoms with van der Waals surface area (Å²) in [5.74, 6) is 0.461. The molecule has 0 unspecified atom stereocenters. The standard InChI is InChI=1S/C21H29N5O2S2/c1-4-17(16-8-6-5-7-9-16)19(28)25-10-12-26(13-11-25)20-23-24-21(30-20)29-14-18(27)22-15(2)3/h5-9,15,17H,4,10-14H2,1-3H3,(H,22,27)/t17-/m1/s1. The van der Waals surface area contributed by atoms with Crippen molar-refractivity contribution in [2.45, 2.75) is 43.5 Å². The highest BCUT2D eigenvalue weighted by Crippen LogP contribution is 2.29. The van der Waals surface area contributed by atoms with Gasteiger partial charge in [-0.15, -0.1) is 10.2 Å². The summed E-state index contributed by atoms with van der Waals surface area (Å²) in [4.78, 5) is 29.0. The summed E-state index contributed by atoms with van der Waals surface area (Å²) in [5, 5.41) is 12.2. The highest BCUT2D eigenvalue weighted by atomic mass is 32.2. The zero-order valence-electron chi connectivity index (χ0n) is 17.7. The van der Waals surface area contributed by atoms with Crippen LogP contribution in [0, 0.1) is 0 Å². The van der Waals surface area contributed by atoms with Crippen molar-refractivity contribution in [3.05, 3.63) is 35.9 Å². The highest BCUT2D eigenvalue weighted by Gasteiger charge is 2.28. The lowest BCUT2D eigenvalue weighted by Gasteiger charge is -2.36. The molecule has 30 heavy (non-hydrogen) atoms. The Labute approximate surface area is 186 Å². The number of thioether (sulfide) groups is 1. The van der Waals surface area contributed by atoms with Gasteiger partial charge in [0.1, 0.15) is 0 Å². The molecular weight excluding hydrogens is 418 g/mol. The monoisotopic (exact) mass is 447 g/mol. The van der Waals surface area contributed by atoms with Crippen LogP contribution in [0.2, 0.25) is 0 Å². The summed E-state index contributed by atoms with van der Waals surface area (Å²) in [6.45, 7) is 8.79. The van der Waals surface area contributed by atoms with Gasteiger partial charge in [0.25, 0.3) is 0 Å². The maximum absolute atomic E-state index is 13.0. The molecule has 3 rings (SSSR count). The van der Waals surface area contributed by atoms with E-state index in [1.54, 1.807) is 0 Å². The average Bonchev–Trinajstić information content (AvgIpc) is 3.22.